The Bertz CT molecular complexity index is 535. The summed E-state index contributed by atoms with van der Waals surface area (Å²) in [4.78, 5) is 12.4. The molecule has 1 heterocycles. The van der Waals surface area contributed by atoms with E-state index < -0.39 is 6.04 Å². The van der Waals surface area contributed by atoms with Crippen molar-refractivity contribution in [1.82, 2.24) is 5.32 Å². The van der Waals surface area contributed by atoms with E-state index in [4.69, 9.17) is 22.1 Å². The smallest absolute Gasteiger partial charge is 0.237 e. The monoisotopic (exact) mass is 374 g/mol. The van der Waals surface area contributed by atoms with Crippen molar-refractivity contribution < 1.29 is 9.53 Å². The zero-order chi connectivity index (χ0) is 17.1. The van der Waals surface area contributed by atoms with Crippen LogP contribution >= 0.6 is 24.0 Å². The van der Waals surface area contributed by atoms with Crippen molar-refractivity contribution in [1.29, 1.82) is 0 Å². The number of hydrogen-bond donors (Lipinski definition) is 2. The molecule has 0 aromatic heterocycles. The van der Waals surface area contributed by atoms with E-state index in [0.717, 1.165) is 17.9 Å². The zero-order valence-electron chi connectivity index (χ0n) is 14.6. The summed E-state index contributed by atoms with van der Waals surface area (Å²) in [5.41, 5.74) is 6.88. The number of nitrogens with one attached hydrogen (secondary N) is 1. The Morgan fingerprint density at radius 2 is 1.83 bits per heavy atom. The molecular weight excluding hydrogens is 347 g/mol. The molecule has 0 saturated carbocycles. The number of carbonyl (C=O) groups is 1. The Hall–Kier alpha value is -0.810. The molecule has 136 valence electrons. The first kappa shape index (κ1) is 21.2. The van der Waals surface area contributed by atoms with Crippen LogP contribution in [-0.2, 0) is 14.9 Å². The lowest BCUT2D eigenvalue weighted by molar-refractivity contribution is -0.125. The summed E-state index contributed by atoms with van der Waals surface area (Å²) in [5.74, 6) is -0.0997. The fourth-order valence-electron chi connectivity index (χ4n) is 2.89. The Labute approximate surface area is 155 Å². The van der Waals surface area contributed by atoms with Gasteiger partial charge in [-0.15, -0.1) is 12.4 Å². The fraction of sp³-hybridized carbons (Fsp3) is 0.611. The average molecular weight is 375 g/mol. The molecule has 4 nitrogen and oxygen atoms in total. The van der Waals surface area contributed by atoms with Gasteiger partial charge in [0.25, 0.3) is 0 Å². The number of nitrogens with two attached hydrogens (primary N) is 1. The first-order valence-electron chi connectivity index (χ1n) is 8.12. The number of amides is 1. The van der Waals surface area contributed by atoms with Crippen LogP contribution in [0.5, 0.6) is 0 Å². The van der Waals surface area contributed by atoms with Crippen molar-refractivity contribution in [3.63, 3.8) is 0 Å². The minimum absolute atomic E-state index is 0. The first-order chi connectivity index (χ1) is 10.7. The molecule has 1 fully saturated rings. The van der Waals surface area contributed by atoms with Gasteiger partial charge in [-0.3, -0.25) is 4.79 Å². The van der Waals surface area contributed by atoms with Gasteiger partial charge in [0.1, 0.15) is 0 Å². The highest BCUT2D eigenvalue weighted by atomic mass is 35.5. The van der Waals surface area contributed by atoms with Gasteiger partial charge in [-0.1, -0.05) is 44.5 Å². The van der Waals surface area contributed by atoms with Crippen molar-refractivity contribution in [2.45, 2.75) is 45.1 Å². The second-order valence-electron chi connectivity index (χ2n) is 7.46. The van der Waals surface area contributed by atoms with E-state index in [-0.39, 0.29) is 29.1 Å². The van der Waals surface area contributed by atoms with E-state index in [0.29, 0.717) is 19.8 Å². The Morgan fingerprint density at radius 1 is 1.29 bits per heavy atom. The lowest BCUT2D eigenvalue weighted by Gasteiger charge is -2.38. The zero-order valence-corrected chi connectivity index (χ0v) is 16.2. The highest BCUT2D eigenvalue weighted by molar-refractivity contribution is 6.30. The van der Waals surface area contributed by atoms with Gasteiger partial charge in [-0.05, 0) is 36.0 Å². The van der Waals surface area contributed by atoms with E-state index >= 15 is 0 Å². The van der Waals surface area contributed by atoms with Crippen LogP contribution in [0.2, 0.25) is 5.02 Å². The van der Waals surface area contributed by atoms with Gasteiger partial charge in [-0.25, -0.2) is 0 Å². The maximum Gasteiger partial charge on any atom is 0.237 e. The predicted molar refractivity (Wildman–Crippen MR) is 101 cm³/mol. The molecule has 24 heavy (non-hydrogen) atoms. The molecule has 1 atom stereocenters. The van der Waals surface area contributed by atoms with Gasteiger partial charge >= 0.3 is 0 Å². The van der Waals surface area contributed by atoms with Crippen LogP contribution in [0.3, 0.4) is 0 Å². The standard InChI is InChI=1S/C18H27ClN2O2.ClH/c1-17(2,3)15(20)16(22)21-12-18(8-10-23-11-9-18)13-4-6-14(19)7-5-13;/h4-7,15H,8-12,20H2,1-3H3,(H,21,22);1H/t15-;/m1./s1. The van der Waals surface area contributed by atoms with Crippen LogP contribution in [0, 0.1) is 5.41 Å². The van der Waals surface area contributed by atoms with Crippen LogP contribution < -0.4 is 11.1 Å². The van der Waals surface area contributed by atoms with Crippen molar-refractivity contribution in [2.24, 2.45) is 11.1 Å². The minimum atomic E-state index is -0.524. The molecule has 0 radical (unpaired) electrons. The largest absolute Gasteiger partial charge is 0.381 e. The van der Waals surface area contributed by atoms with E-state index in [1.54, 1.807) is 0 Å². The Morgan fingerprint density at radius 3 is 2.33 bits per heavy atom. The molecule has 0 aliphatic carbocycles. The van der Waals surface area contributed by atoms with Crippen molar-refractivity contribution >= 4 is 29.9 Å². The molecule has 1 aliphatic heterocycles. The molecule has 1 amide bonds. The molecule has 6 heteroatoms. The van der Waals surface area contributed by atoms with Crippen LogP contribution in [0.4, 0.5) is 0 Å². The van der Waals surface area contributed by atoms with Crippen LogP contribution in [0.25, 0.3) is 0 Å². The summed E-state index contributed by atoms with van der Waals surface area (Å²) in [6, 6.07) is 7.37. The molecule has 0 unspecified atom stereocenters. The summed E-state index contributed by atoms with van der Waals surface area (Å²) in [7, 11) is 0. The van der Waals surface area contributed by atoms with Crippen molar-refractivity contribution in [3.8, 4) is 0 Å². The van der Waals surface area contributed by atoms with Gasteiger partial charge in [0.05, 0.1) is 6.04 Å². The third-order valence-electron chi connectivity index (χ3n) is 4.72. The van der Waals surface area contributed by atoms with Gasteiger partial charge in [0.15, 0.2) is 0 Å². The number of halogens is 2. The van der Waals surface area contributed by atoms with E-state index in [1.165, 1.54) is 5.56 Å². The third kappa shape index (κ3) is 5.09. The number of rotatable bonds is 4. The lowest BCUT2D eigenvalue weighted by Crippen LogP contribution is -2.52. The molecule has 2 rings (SSSR count). The molecule has 1 aliphatic rings. The number of benzene rings is 1. The van der Waals surface area contributed by atoms with E-state index in [1.807, 2.05) is 45.0 Å². The second-order valence-corrected chi connectivity index (χ2v) is 7.90. The topological polar surface area (TPSA) is 64.4 Å². The van der Waals surface area contributed by atoms with Gasteiger partial charge < -0.3 is 15.8 Å². The molecule has 1 aromatic rings. The molecule has 1 aromatic carbocycles. The van der Waals surface area contributed by atoms with Crippen LogP contribution in [-0.4, -0.2) is 31.7 Å². The van der Waals surface area contributed by atoms with Gasteiger partial charge in [0, 0.05) is 30.2 Å². The van der Waals surface area contributed by atoms with Gasteiger partial charge in [-0.2, -0.15) is 0 Å². The fourth-order valence-corrected chi connectivity index (χ4v) is 3.02. The third-order valence-corrected chi connectivity index (χ3v) is 4.97. The van der Waals surface area contributed by atoms with Gasteiger partial charge in [0.2, 0.25) is 5.91 Å². The second kappa shape index (κ2) is 8.52. The van der Waals surface area contributed by atoms with Crippen LogP contribution in [0.1, 0.15) is 39.2 Å². The van der Waals surface area contributed by atoms with Crippen molar-refractivity contribution in [3.05, 3.63) is 34.9 Å². The maximum atomic E-state index is 12.4. The molecule has 0 spiro atoms. The number of hydrogen-bond acceptors (Lipinski definition) is 3. The average Bonchev–Trinajstić information content (AvgIpc) is 2.52. The molecule has 1 saturated heterocycles. The highest BCUT2D eigenvalue weighted by Gasteiger charge is 2.36. The Kier molecular flexibility index (Phi) is 7.54. The summed E-state index contributed by atoms with van der Waals surface area (Å²) in [6.45, 7) is 7.89. The molecular formula is C18H28Cl2N2O2. The van der Waals surface area contributed by atoms with Crippen molar-refractivity contribution in [2.75, 3.05) is 19.8 Å². The normalized spacial score (nSPS) is 18.4. The minimum Gasteiger partial charge on any atom is -0.381 e. The Balaban J connectivity index is 0.00000288. The number of carbonyl (C=O) groups excluding carboxylic acids is 1. The molecule has 0 bridgehead atoms. The lowest BCUT2D eigenvalue weighted by atomic mass is 9.74. The number of ether oxygens (including phenoxy) is 1. The SMILES string of the molecule is CC(C)(C)[C@H](N)C(=O)NCC1(c2ccc(Cl)cc2)CCOCC1.Cl. The quantitative estimate of drug-likeness (QED) is 0.849. The first-order valence-corrected chi connectivity index (χ1v) is 8.49. The highest BCUT2D eigenvalue weighted by Crippen LogP contribution is 2.35. The summed E-state index contributed by atoms with van der Waals surface area (Å²) in [6.07, 6.45) is 1.75. The molecule has 3 N–H and O–H groups in total. The summed E-state index contributed by atoms with van der Waals surface area (Å²) in [5, 5.41) is 3.78. The van der Waals surface area contributed by atoms with Crippen LogP contribution in [0.15, 0.2) is 24.3 Å². The van der Waals surface area contributed by atoms with E-state index in [2.05, 4.69) is 5.32 Å². The maximum absolute atomic E-state index is 12.4. The summed E-state index contributed by atoms with van der Waals surface area (Å²) >= 11 is 6.00. The van der Waals surface area contributed by atoms with E-state index in [9.17, 15) is 4.79 Å². The summed E-state index contributed by atoms with van der Waals surface area (Å²) < 4.78 is 5.52. The predicted octanol–water partition coefficient (Wildman–Crippen LogP) is 3.30.